The third kappa shape index (κ3) is 3.71. The monoisotopic (exact) mass is 289 g/mol. The highest BCUT2D eigenvalue weighted by atomic mass is 16.3. The molecule has 0 unspecified atom stereocenters. The summed E-state index contributed by atoms with van der Waals surface area (Å²) in [6.45, 7) is 5.30. The van der Waals surface area contributed by atoms with Crippen LogP contribution in [0.25, 0.3) is 0 Å². The summed E-state index contributed by atoms with van der Waals surface area (Å²) in [5, 5.41) is 21.8. The van der Waals surface area contributed by atoms with Crippen LogP contribution in [0.1, 0.15) is 30.1 Å². The van der Waals surface area contributed by atoms with E-state index in [1.165, 1.54) is 6.42 Å². The van der Waals surface area contributed by atoms with Crippen LogP contribution in [0.5, 0.6) is 0 Å². The van der Waals surface area contributed by atoms with Crippen LogP contribution in [-0.2, 0) is 6.54 Å². The van der Waals surface area contributed by atoms with E-state index in [9.17, 15) is 5.11 Å². The van der Waals surface area contributed by atoms with Gasteiger partial charge in [-0.1, -0.05) is 0 Å². The molecule has 0 bridgehead atoms. The molecule has 2 N–H and O–H groups in total. The van der Waals surface area contributed by atoms with E-state index in [2.05, 4.69) is 26.3 Å². The molecule has 2 aromatic heterocycles. The molecule has 1 aliphatic heterocycles. The summed E-state index contributed by atoms with van der Waals surface area (Å²) in [6.07, 6.45) is 5.57. The van der Waals surface area contributed by atoms with Gasteiger partial charge in [-0.15, -0.1) is 0 Å². The number of piperidine rings is 1. The maximum Gasteiger partial charge on any atom is 0.0862 e. The molecule has 1 aliphatic rings. The van der Waals surface area contributed by atoms with Gasteiger partial charge in [-0.3, -0.25) is 9.78 Å². The molecule has 3 heterocycles. The summed E-state index contributed by atoms with van der Waals surface area (Å²) >= 11 is 0. The molecule has 0 amide bonds. The van der Waals surface area contributed by atoms with E-state index in [1.807, 2.05) is 19.2 Å². The number of rotatable bonds is 5. The summed E-state index contributed by atoms with van der Waals surface area (Å²) in [4.78, 5) is 2.34. The predicted octanol–water partition coefficient (Wildman–Crippen LogP) is 1.16. The summed E-state index contributed by atoms with van der Waals surface area (Å²) in [7, 11) is 0. The molecule has 21 heavy (non-hydrogen) atoms. The van der Waals surface area contributed by atoms with Gasteiger partial charge in [0.05, 0.1) is 18.3 Å². The van der Waals surface area contributed by atoms with Crippen LogP contribution >= 0.6 is 0 Å². The Hall–Kier alpha value is -1.66. The van der Waals surface area contributed by atoms with E-state index >= 15 is 0 Å². The smallest absolute Gasteiger partial charge is 0.0862 e. The number of nitrogens with zero attached hydrogens (tertiary/aromatic N) is 4. The van der Waals surface area contributed by atoms with Gasteiger partial charge in [0.25, 0.3) is 0 Å². The third-order valence-corrected chi connectivity index (χ3v) is 4.08. The molecule has 1 saturated heterocycles. The Labute approximate surface area is 124 Å². The zero-order chi connectivity index (χ0) is 14.7. The van der Waals surface area contributed by atoms with Crippen LogP contribution in [0.3, 0.4) is 0 Å². The number of aromatic amines is 1. The molecule has 0 saturated carbocycles. The first-order valence-electron chi connectivity index (χ1n) is 7.60. The Bertz CT molecular complexity index is 550. The van der Waals surface area contributed by atoms with Crippen molar-refractivity contribution in [2.24, 2.45) is 0 Å². The van der Waals surface area contributed by atoms with Crippen LogP contribution in [0.15, 0.2) is 24.5 Å². The Morgan fingerprint density at radius 1 is 1.48 bits per heavy atom. The van der Waals surface area contributed by atoms with Crippen molar-refractivity contribution >= 4 is 0 Å². The minimum atomic E-state index is -0.385. The molecular weight excluding hydrogens is 266 g/mol. The number of β-amino-alcohol motifs (C(OH)–C–C–N with tert-alkyl or cyclic N) is 1. The molecule has 0 aliphatic carbocycles. The topological polar surface area (TPSA) is 70.0 Å². The van der Waals surface area contributed by atoms with Gasteiger partial charge < -0.3 is 10.0 Å². The first kappa shape index (κ1) is 14.3. The Morgan fingerprint density at radius 2 is 2.38 bits per heavy atom. The average molecular weight is 289 g/mol. The number of H-pyrrole nitrogens is 1. The lowest BCUT2D eigenvalue weighted by atomic mass is 9.94. The minimum absolute atomic E-state index is 0.385. The normalized spacial score (nSPS) is 21.5. The van der Waals surface area contributed by atoms with Gasteiger partial charge in [-0.25, -0.2) is 0 Å². The number of aryl methyl sites for hydroxylation is 1. The highest BCUT2D eigenvalue weighted by molar-refractivity contribution is 5.13. The van der Waals surface area contributed by atoms with E-state index < -0.39 is 0 Å². The number of likely N-dealkylation sites (tertiary alicyclic amines) is 1. The molecule has 6 nitrogen and oxygen atoms in total. The molecule has 2 atom stereocenters. The number of aliphatic hydroxyl groups is 1. The summed E-state index contributed by atoms with van der Waals surface area (Å²) in [5.41, 5.74) is 2.26. The van der Waals surface area contributed by atoms with Crippen LogP contribution in [0.2, 0.25) is 0 Å². The first-order chi connectivity index (χ1) is 10.2. The highest BCUT2D eigenvalue weighted by Crippen LogP contribution is 2.25. The van der Waals surface area contributed by atoms with Crippen molar-refractivity contribution in [3.8, 4) is 0 Å². The number of hydrogen-bond acceptors (Lipinski definition) is 4. The molecule has 1 fully saturated rings. The standard InChI is InChI=1S/C15H23N5O/c1-12-8-15(18-17-12)13-4-2-6-19(9-13)10-14(21)11-20-7-3-5-16-20/h3,5,7-8,13-14,21H,2,4,6,9-11H2,1H3,(H,17,18)/t13-,14+/m0/s1. The molecule has 0 radical (unpaired) electrons. The van der Waals surface area contributed by atoms with Gasteiger partial charge in [-0.2, -0.15) is 10.2 Å². The second-order valence-electron chi connectivity index (χ2n) is 5.96. The molecule has 6 heteroatoms. The second-order valence-corrected chi connectivity index (χ2v) is 5.96. The Balaban J connectivity index is 1.53. The molecule has 0 spiro atoms. The summed E-state index contributed by atoms with van der Waals surface area (Å²) in [6, 6.07) is 4.01. The van der Waals surface area contributed by atoms with Gasteiger partial charge in [0.2, 0.25) is 0 Å². The number of aromatic nitrogens is 4. The van der Waals surface area contributed by atoms with E-state index in [4.69, 9.17) is 0 Å². The van der Waals surface area contributed by atoms with Crippen molar-refractivity contribution in [2.45, 2.75) is 38.3 Å². The fourth-order valence-corrected chi connectivity index (χ4v) is 3.09. The number of aliphatic hydroxyl groups excluding tert-OH is 1. The van der Waals surface area contributed by atoms with E-state index in [-0.39, 0.29) is 6.10 Å². The lowest BCUT2D eigenvalue weighted by Crippen LogP contribution is -2.40. The molecule has 3 rings (SSSR count). The highest BCUT2D eigenvalue weighted by Gasteiger charge is 2.24. The van der Waals surface area contributed by atoms with Crippen molar-refractivity contribution in [3.63, 3.8) is 0 Å². The van der Waals surface area contributed by atoms with Crippen molar-refractivity contribution < 1.29 is 5.11 Å². The largest absolute Gasteiger partial charge is 0.390 e. The fourth-order valence-electron chi connectivity index (χ4n) is 3.09. The number of nitrogens with one attached hydrogen (secondary N) is 1. The van der Waals surface area contributed by atoms with Crippen LogP contribution in [0, 0.1) is 6.92 Å². The fraction of sp³-hybridized carbons (Fsp3) is 0.600. The van der Waals surface area contributed by atoms with E-state index in [0.29, 0.717) is 19.0 Å². The van der Waals surface area contributed by atoms with Gasteiger partial charge in [0.1, 0.15) is 0 Å². The van der Waals surface area contributed by atoms with Gasteiger partial charge in [0, 0.05) is 37.1 Å². The van der Waals surface area contributed by atoms with Crippen LogP contribution in [0.4, 0.5) is 0 Å². The molecular formula is C15H23N5O. The summed E-state index contributed by atoms with van der Waals surface area (Å²) < 4.78 is 1.78. The first-order valence-corrected chi connectivity index (χ1v) is 7.60. The van der Waals surface area contributed by atoms with Crippen molar-refractivity contribution in [1.82, 2.24) is 24.9 Å². The zero-order valence-electron chi connectivity index (χ0n) is 12.4. The predicted molar refractivity (Wildman–Crippen MR) is 80.0 cm³/mol. The second kappa shape index (κ2) is 6.41. The van der Waals surface area contributed by atoms with Gasteiger partial charge in [-0.05, 0) is 38.4 Å². The third-order valence-electron chi connectivity index (χ3n) is 4.08. The van der Waals surface area contributed by atoms with Crippen LogP contribution < -0.4 is 0 Å². The quantitative estimate of drug-likeness (QED) is 0.866. The van der Waals surface area contributed by atoms with Gasteiger partial charge in [0.15, 0.2) is 0 Å². The van der Waals surface area contributed by atoms with Crippen LogP contribution in [-0.4, -0.2) is 55.7 Å². The van der Waals surface area contributed by atoms with E-state index in [1.54, 1.807) is 10.9 Å². The van der Waals surface area contributed by atoms with Gasteiger partial charge >= 0.3 is 0 Å². The zero-order valence-corrected chi connectivity index (χ0v) is 12.4. The molecule has 2 aromatic rings. The van der Waals surface area contributed by atoms with Crippen molar-refractivity contribution in [3.05, 3.63) is 35.9 Å². The molecule has 114 valence electrons. The van der Waals surface area contributed by atoms with Crippen molar-refractivity contribution in [2.75, 3.05) is 19.6 Å². The lowest BCUT2D eigenvalue weighted by Gasteiger charge is -2.33. The average Bonchev–Trinajstić information content (AvgIpc) is 3.10. The van der Waals surface area contributed by atoms with Crippen molar-refractivity contribution in [1.29, 1.82) is 0 Å². The van der Waals surface area contributed by atoms with E-state index in [0.717, 1.165) is 30.9 Å². The Kier molecular flexibility index (Phi) is 4.36. The summed E-state index contributed by atoms with van der Waals surface area (Å²) in [5.74, 6) is 0.473. The minimum Gasteiger partial charge on any atom is -0.390 e. The lowest BCUT2D eigenvalue weighted by molar-refractivity contribution is 0.0804. The Morgan fingerprint density at radius 3 is 3.10 bits per heavy atom. The number of hydrogen-bond donors (Lipinski definition) is 2. The maximum absolute atomic E-state index is 10.2. The SMILES string of the molecule is Cc1cc([C@H]2CCCN(C[C@@H](O)Cn3cccn3)C2)n[nH]1. The molecule has 0 aromatic carbocycles. The maximum atomic E-state index is 10.2.